The average molecular weight is 975 g/mol. The summed E-state index contributed by atoms with van der Waals surface area (Å²) >= 11 is 0. The zero-order chi connectivity index (χ0) is 51.8. The van der Waals surface area contributed by atoms with Crippen LogP contribution in [0.1, 0.15) is 128 Å². The van der Waals surface area contributed by atoms with Gasteiger partial charge in [0.15, 0.2) is 0 Å². The van der Waals surface area contributed by atoms with Crippen molar-refractivity contribution in [2.75, 3.05) is 4.90 Å². The Hall–Kier alpha value is -7.82. The van der Waals surface area contributed by atoms with Crippen molar-refractivity contribution >= 4 is 82.5 Å². The Labute approximate surface area is 441 Å². The fraction of sp³-hybridized carbons (Fsp3) is 0.239. The van der Waals surface area contributed by atoms with E-state index in [2.05, 4.69) is 278 Å². The van der Waals surface area contributed by atoms with Gasteiger partial charge in [0, 0.05) is 55.2 Å². The van der Waals surface area contributed by atoms with E-state index in [4.69, 9.17) is 0 Å². The van der Waals surface area contributed by atoms with Crippen LogP contribution in [0.5, 0.6) is 0 Å². The first-order valence-corrected chi connectivity index (χ1v) is 27.1. The third-order valence-electron chi connectivity index (χ3n) is 17.0. The summed E-state index contributed by atoms with van der Waals surface area (Å²) in [5.41, 5.74) is 23.5. The van der Waals surface area contributed by atoms with Crippen LogP contribution in [0.4, 0.5) is 17.1 Å². The number of para-hydroxylation sites is 4. The van der Waals surface area contributed by atoms with Crippen LogP contribution in [0.15, 0.2) is 176 Å². The van der Waals surface area contributed by atoms with Crippen molar-refractivity contribution in [2.24, 2.45) is 0 Å². The standard InChI is InChI=1S/C71H66N4/c1-68(2,3)42-31-33-58-50(35-42)52-37-44(70(7,8)9)39-54-62-55-40-45(71(10,11)12)38-53-51-36-43(69(4,5)6)32-34-59(51)75(65(53)55)67-63(62)60(74(58)64(52)54)41-61(72(46-23-15-13-16-24-46)47-25-17-14-18-26-47)66(67)73-56-29-21-19-27-48(56)49-28-20-22-30-57(49)73/h13-41,62H,1-12H3. The van der Waals surface area contributed by atoms with E-state index >= 15 is 0 Å². The summed E-state index contributed by atoms with van der Waals surface area (Å²) in [6.45, 7) is 28.4. The summed E-state index contributed by atoms with van der Waals surface area (Å²) in [5, 5.41) is 7.72. The van der Waals surface area contributed by atoms with Crippen molar-refractivity contribution in [1.82, 2.24) is 13.7 Å². The normalized spacial score (nSPS) is 14.5. The molecular weight excluding hydrogens is 909 g/mol. The molecule has 0 saturated carbocycles. The number of rotatable bonds is 4. The van der Waals surface area contributed by atoms with Crippen molar-refractivity contribution in [3.8, 4) is 17.1 Å². The van der Waals surface area contributed by atoms with Gasteiger partial charge < -0.3 is 18.6 Å². The van der Waals surface area contributed by atoms with Crippen LogP contribution in [-0.4, -0.2) is 13.7 Å². The van der Waals surface area contributed by atoms with Gasteiger partial charge in [-0.25, -0.2) is 0 Å². The fourth-order valence-electron chi connectivity index (χ4n) is 13.0. The highest BCUT2D eigenvalue weighted by molar-refractivity contribution is 6.18. The summed E-state index contributed by atoms with van der Waals surface area (Å²) in [6.07, 6.45) is 0. The highest BCUT2D eigenvalue weighted by Crippen LogP contribution is 2.60. The second kappa shape index (κ2) is 15.4. The van der Waals surface area contributed by atoms with E-state index in [0.29, 0.717) is 0 Å². The minimum Gasteiger partial charge on any atom is -0.308 e. The van der Waals surface area contributed by atoms with E-state index in [1.54, 1.807) is 0 Å². The van der Waals surface area contributed by atoms with Gasteiger partial charge in [-0.3, -0.25) is 0 Å². The molecule has 4 nitrogen and oxygen atoms in total. The van der Waals surface area contributed by atoms with Crippen molar-refractivity contribution in [2.45, 2.75) is 111 Å². The Morgan fingerprint density at radius 2 is 0.733 bits per heavy atom. The maximum atomic E-state index is 2.73. The number of aromatic nitrogens is 3. The van der Waals surface area contributed by atoms with Crippen LogP contribution in [0.3, 0.4) is 0 Å². The monoisotopic (exact) mass is 975 g/mol. The van der Waals surface area contributed by atoms with Gasteiger partial charge in [0.05, 0.1) is 55.8 Å². The van der Waals surface area contributed by atoms with Crippen molar-refractivity contribution in [3.05, 3.63) is 215 Å². The van der Waals surface area contributed by atoms with Gasteiger partial charge in [-0.15, -0.1) is 0 Å². The first kappa shape index (κ1) is 45.8. The molecule has 0 amide bonds. The number of hydrogen-bond donors (Lipinski definition) is 0. The molecule has 0 radical (unpaired) electrons. The van der Waals surface area contributed by atoms with Gasteiger partial charge in [0.2, 0.25) is 0 Å². The van der Waals surface area contributed by atoms with E-state index in [0.717, 1.165) is 22.7 Å². The molecule has 75 heavy (non-hydrogen) atoms. The molecule has 3 aromatic heterocycles. The lowest BCUT2D eigenvalue weighted by molar-refractivity contribution is 0.588. The SMILES string of the molecule is CC(C)(C)c1ccc2c(c1)c1cc(C(C)(C)C)cc3c1n2-c1cc(N(c2ccccc2)c2ccccc2)c(-n2c4ccccc4c4ccccc42)c2c1C3c1cc(C(C)(C)C)cc3c4cc(C(C)(C)C)ccc4n-2c13. The van der Waals surface area contributed by atoms with E-state index in [-0.39, 0.29) is 27.6 Å². The van der Waals surface area contributed by atoms with Gasteiger partial charge in [-0.05, 0) is 134 Å². The molecule has 0 bridgehead atoms. The smallest absolute Gasteiger partial charge is 0.0951 e. The Bertz CT molecular complexity index is 4280. The van der Waals surface area contributed by atoms with Crippen LogP contribution in [0.2, 0.25) is 0 Å². The lowest BCUT2D eigenvalue weighted by Crippen LogP contribution is -2.26. The molecular formula is C71H66N4. The molecule has 1 unspecified atom stereocenters. The molecule has 0 saturated heterocycles. The van der Waals surface area contributed by atoms with Crippen molar-refractivity contribution < 1.29 is 0 Å². The zero-order valence-electron chi connectivity index (χ0n) is 45.6. The summed E-state index contributed by atoms with van der Waals surface area (Å²) in [4.78, 5) is 2.53. The van der Waals surface area contributed by atoms with Gasteiger partial charge >= 0.3 is 0 Å². The fourth-order valence-corrected chi connectivity index (χ4v) is 13.0. The topological polar surface area (TPSA) is 18.0 Å². The molecule has 0 aliphatic carbocycles. The number of hydrogen-bond acceptors (Lipinski definition) is 1. The maximum Gasteiger partial charge on any atom is 0.0951 e. The predicted octanol–water partition coefficient (Wildman–Crippen LogP) is 19.4. The van der Waals surface area contributed by atoms with E-state index in [1.807, 2.05) is 0 Å². The highest BCUT2D eigenvalue weighted by Gasteiger charge is 2.43. The Morgan fingerprint density at radius 3 is 1.20 bits per heavy atom. The predicted molar refractivity (Wildman–Crippen MR) is 320 cm³/mol. The number of anilines is 3. The third kappa shape index (κ3) is 6.54. The van der Waals surface area contributed by atoms with Gasteiger partial charge in [-0.2, -0.15) is 0 Å². The second-order valence-corrected chi connectivity index (χ2v) is 25.9. The van der Waals surface area contributed by atoms with Crippen LogP contribution in [0, 0.1) is 0 Å². The number of nitrogens with zero attached hydrogens (tertiary/aromatic N) is 4. The molecule has 2 aliphatic heterocycles. The molecule has 5 heterocycles. The summed E-state index contributed by atoms with van der Waals surface area (Å²) in [7, 11) is 0. The number of fused-ring (bicyclic) bond motifs is 13. The van der Waals surface area contributed by atoms with Crippen LogP contribution in [0.25, 0.3) is 82.5 Å². The van der Waals surface area contributed by atoms with Gasteiger partial charge in [0.1, 0.15) is 0 Å². The summed E-state index contributed by atoms with van der Waals surface area (Å²) < 4.78 is 8.03. The lowest BCUT2D eigenvalue weighted by Gasteiger charge is -2.40. The first-order valence-electron chi connectivity index (χ1n) is 27.1. The molecule has 9 aromatic carbocycles. The molecule has 0 N–H and O–H groups in total. The Morgan fingerprint density at radius 1 is 0.333 bits per heavy atom. The van der Waals surface area contributed by atoms with Crippen LogP contribution < -0.4 is 4.90 Å². The molecule has 370 valence electrons. The molecule has 2 aliphatic rings. The molecule has 4 heteroatoms. The molecule has 1 atom stereocenters. The van der Waals surface area contributed by atoms with Crippen molar-refractivity contribution in [3.63, 3.8) is 0 Å². The minimum atomic E-state index is -0.108. The molecule has 14 rings (SSSR count). The van der Waals surface area contributed by atoms with Crippen LogP contribution in [-0.2, 0) is 21.7 Å². The largest absolute Gasteiger partial charge is 0.308 e. The van der Waals surface area contributed by atoms with Gasteiger partial charge in [0.25, 0.3) is 0 Å². The minimum absolute atomic E-state index is 0.0313. The van der Waals surface area contributed by atoms with Crippen LogP contribution >= 0.6 is 0 Å². The maximum absolute atomic E-state index is 2.73. The first-order chi connectivity index (χ1) is 35.8. The number of benzene rings is 9. The van der Waals surface area contributed by atoms with Crippen molar-refractivity contribution in [1.29, 1.82) is 0 Å². The highest BCUT2D eigenvalue weighted by atomic mass is 15.2. The molecule has 12 aromatic rings. The molecule has 0 fully saturated rings. The van der Waals surface area contributed by atoms with Gasteiger partial charge in [-0.1, -0.05) is 180 Å². The summed E-state index contributed by atoms with van der Waals surface area (Å²) in [5.74, 6) is -0.0924. The zero-order valence-corrected chi connectivity index (χ0v) is 45.6. The molecule has 0 spiro atoms. The Balaban J connectivity index is 1.30. The van der Waals surface area contributed by atoms with E-state index in [1.165, 1.54) is 116 Å². The third-order valence-corrected chi connectivity index (χ3v) is 17.0. The van der Waals surface area contributed by atoms with E-state index in [9.17, 15) is 0 Å². The Kier molecular flexibility index (Phi) is 9.39. The second-order valence-electron chi connectivity index (χ2n) is 25.9. The summed E-state index contributed by atoms with van der Waals surface area (Å²) in [6, 6.07) is 67.8. The lowest BCUT2D eigenvalue weighted by atomic mass is 9.73. The quantitative estimate of drug-likeness (QED) is 0.172. The average Bonchev–Trinajstić information content (AvgIpc) is 4.02. The van der Waals surface area contributed by atoms with E-state index < -0.39 is 0 Å².